The van der Waals surface area contributed by atoms with Gasteiger partial charge in [-0.15, -0.1) is 0 Å². The summed E-state index contributed by atoms with van der Waals surface area (Å²) in [4.78, 5) is 13.4. The van der Waals surface area contributed by atoms with E-state index in [1.165, 1.54) is 0 Å². The van der Waals surface area contributed by atoms with Gasteiger partial charge < -0.3 is 4.90 Å². The van der Waals surface area contributed by atoms with Crippen molar-refractivity contribution in [2.45, 2.75) is 12.8 Å². The lowest BCUT2D eigenvalue weighted by atomic mass is 10.1. The predicted molar refractivity (Wildman–Crippen MR) is 61.6 cm³/mol. The summed E-state index contributed by atoms with van der Waals surface area (Å²) in [5.41, 5.74) is 2.24. The largest absolute Gasteiger partial charge is 0.368 e. The molecule has 0 radical (unpaired) electrons. The lowest BCUT2D eigenvalue weighted by Crippen LogP contribution is -2.33. The second-order valence-electron chi connectivity index (χ2n) is 4.09. The molecule has 2 aromatic heterocycles. The summed E-state index contributed by atoms with van der Waals surface area (Å²) < 4.78 is 1.87. The van der Waals surface area contributed by atoms with Crippen LogP contribution >= 0.6 is 0 Å². The average Bonchev–Trinajstić information content (AvgIpc) is 2.74. The summed E-state index contributed by atoms with van der Waals surface area (Å²) in [5.74, 6) is 0.368. The third-order valence-corrected chi connectivity index (χ3v) is 3.07. The second-order valence-corrected chi connectivity index (χ2v) is 4.09. The summed E-state index contributed by atoms with van der Waals surface area (Å²) in [6.45, 7) is 1.63. The van der Waals surface area contributed by atoms with Crippen molar-refractivity contribution in [1.29, 1.82) is 0 Å². The minimum atomic E-state index is 0.368. The number of aromatic nitrogens is 2. The number of ketones is 1. The van der Waals surface area contributed by atoms with Crippen LogP contribution in [-0.2, 0) is 4.79 Å². The van der Waals surface area contributed by atoms with Gasteiger partial charge in [-0.1, -0.05) is 6.07 Å². The summed E-state index contributed by atoms with van der Waals surface area (Å²) in [6.07, 6.45) is 5.13. The van der Waals surface area contributed by atoms with E-state index in [0.717, 1.165) is 24.3 Å². The molecule has 0 atom stereocenters. The number of anilines is 1. The van der Waals surface area contributed by atoms with Crippen molar-refractivity contribution in [3.05, 3.63) is 30.6 Å². The first-order chi connectivity index (χ1) is 7.84. The highest BCUT2D eigenvalue weighted by Gasteiger charge is 2.18. The Morgan fingerprint density at radius 3 is 2.81 bits per heavy atom. The minimum absolute atomic E-state index is 0.368. The number of carbonyl (C=O) groups excluding carboxylic acids is 1. The van der Waals surface area contributed by atoms with E-state index < -0.39 is 0 Å². The van der Waals surface area contributed by atoms with Gasteiger partial charge in [0.2, 0.25) is 0 Å². The van der Waals surface area contributed by atoms with Gasteiger partial charge >= 0.3 is 0 Å². The molecular weight excluding hydrogens is 202 g/mol. The Balaban J connectivity index is 1.97. The van der Waals surface area contributed by atoms with E-state index in [1.807, 2.05) is 29.0 Å². The van der Waals surface area contributed by atoms with Gasteiger partial charge in [0.25, 0.3) is 0 Å². The molecule has 0 unspecified atom stereocenters. The highest BCUT2D eigenvalue weighted by molar-refractivity contribution is 5.82. The summed E-state index contributed by atoms with van der Waals surface area (Å²) in [5, 5.41) is 4.30. The fraction of sp³-hybridized carbons (Fsp3) is 0.333. The summed E-state index contributed by atoms with van der Waals surface area (Å²) >= 11 is 0. The van der Waals surface area contributed by atoms with Crippen LogP contribution in [0.15, 0.2) is 30.6 Å². The fourth-order valence-corrected chi connectivity index (χ4v) is 2.16. The molecule has 82 valence electrons. The molecule has 4 heteroatoms. The SMILES string of the molecule is O=C1CCN(c2cnn3ccccc23)CC1. The van der Waals surface area contributed by atoms with Crippen LogP contribution in [0.4, 0.5) is 5.69 Å². The van der Waals surface area contributed by atoms with E-state index >= 15 is 0 Å². The summed E-state index contributed by atoms with van der Waals surface area (Å²) in [6, 6.07) is 6.03. The Morgan fingerprint density at radius 2 is 2.00 bits per heavy atom. The van der Waals surface area contributed by atoms with E-state index in [0.29, 0.717) is 18.6 Å². The van der Waals surface area contributed by atoms with Gasteiger partial charge in [-0.25, -0.2) is 4.52 Å². The Labute approximate surface area is 93.5 Å². The average molecular weight is 215 g/mol. The number of nitrogens with zero attached hydrogens (tertiary/aromatic N) is 3. The topological polar surface area (TPSA) is 37.6 Å². The zero-order valence-electron chi connectivity index (χ0n) is 8.97. The lowest BCUT2D eigenvalue weighted by Gasteiger charge is -2.26. The maximum atomic E-state index is 11.2. The zero-order valence-corrected chi connectivity index (χ0v) is 8.97. The van der Waals surface area contributed by atoms with E-state index in [-0.39, 0.29) is 0 Å². The van der Waals surface area contributed by atoms with Crippen molar-refractivity contribution in [1.82, 2.24) is 9.61 Å². The van der Waals surface area contributed by atoms with Gasteiger partial charge in [-0.3, -0.25) is 4.79 Å². The molecule has 0 aliphatic carbocycles. The number of hydrogen-bond donors (Lipinski definition) is 0. The molecule has 0 aromatic carbocycles. The van der Waals surface area contributed by atoms with Gasteiger partial charge in [0, 0.05) is 32.1 Å². The maximum Gasteiger partial charge on any atom is 0.136 e. The van der Waals surface area contributed by atoms with Crippen LogP contribution < -0.4 is 4.90 Å². The van der Waals surface area contributed by atoms with Gasteiger partial charge in [0.1, 0.15) is 5.78 Å². The van der Waals surface area contributed by atoms with Crippen LogP contribution in [0.25, 0.3) is 5.52 Å². The number of hydrogen-bond acceptors (Lipinski definition) is 3. The molecule has 1 aliphatic heterocycles. The van der Waals surface area contributed by atoms with E-state index in [4.69, 9.17) is 0 Å². The van der Waals surface area contributed by atoms with Crippen molar-refractivity contribution < 1.29 is 4.79 Å². The standard InChI is InChI=1S/C12H13N3O/c16-10-4-7-14(8-5-10)12-9-13-15-6-2-1-3-11(12)15/h1-3,6,9H,4-5,7-8H2. The number of pyridine rings is 1. The molecule has 16 heavy (non-hydrogen) atoms. The van der Waals surface area contributed by atoms with Crippen molar-refractivity contribution in [2.75, 3.05) is 18.0 Å². The molecular formula is C12H13N3O. The van der Waals surface area contributed by atoms with Gasteiger partial charge in [-0.2, -0.15) is 5.10 Å². The molecule has 1 saturated heterocycles. The highest BCUT2D eigenvalue weighted by atomic mass is 16.1. The Bertz CT molecular complexity index is 522. The van der Waals surface area contributed by atoms with Crippen LogP contribution in [-0.4, -0.2) is 28.5 Å². The second kappa shape index (κ2) is 3.63. The monoisotopic (exact) mass is 215 g/mol. The van der Waals surface area contributed by atoms with Crippen LogP contribution in [0.1, 0.15) is 12.8 Å². The molecule has 1 aliphatic rings. The first-order valence-corrected chi connectivity index (χ1v) is 5.53. The normalized spacial score (nSPS) is 17.0. The zero-order chi connectivity index (χ0) is 11.0. The lowest BCUT2D eigenvalue weighted by molar-refractivity contribution is -0.119. The maximum absolute atomic E-state index is 11.2. The number of rotatable bonds is 1. The molecule has 2 aromatic rings. The Kier molecular flexibility index (Phi) is 2.13. The predicted octanol–water partition coefficient (Wildman–Crippen LogP) is 1.50. The molecule has 1 fully saturated rings. The highest BCUT2D eigenvalue weighted by Crippen LogP contribution is 2.23. The van der Waals surface area contributed by atoms with Crippen LogP contribution in [0, 0.1) is 0 Å². The molecule has 0 N–H and O–H groups in total. The molecule has 0 amide bonds. The first kappa shape index (κ1) is 9.39. The smallest absolute Gasteiger partial charge is 0.136 e. The van der Waals surface area contributed by atoms with Crippen molar-refractivity contribution in [3.63, 3.8) is 0 Å². The van der Waals surface area contributed by atoms with E-state index in [1.54, 1.807) is 0 Å². The molecule has 3 heterocycles. The van der Waals surface area contributed by atoms with Crippen molar-refractivity contribution in [3.8, 4) is 0 Å². The van der Waals surface area contributed by atoms with Gasteiger partial charge in [0.05, 0.1) is 17.4 Å². The van der Waals surface area contributed by atoms with E-state index in [2.05, 4.69) is 16.1 Å². The minimum Gasteiger partial charge on any atom is -0.368 e. The van der Waals surface area contributed by atoms with Gasteiger partial charge in [0.15, 0.2) is 0 Å². The van der Waals surface area contributed by atoms with Gasteiger partial charge in [-0.05, 0) is 12.1 Å². The number of piperidine rings is 1. The molecule has 0 spiro atoms. The number of carbonyl (C=O) groups is 1. The van der Waals surface area contributed by atoms with Crippen LogP contribution in [0.2, 0.25) is 0 Å². The number of fused-ring (bicyclic) bond motifs is 1. The van der Waals surface area contributed by atoms with Crippen LogP contribution in [0.5, 0.6) is 0 Å². The third-order valence-electron chi connectivity index (χ3n) is 3.07. The first-order valence-electron chi connectivity index (χ1n) is 5.53. The molecule has 0 bridgehead atoms. The quantitative estimate of drug-likeness (QED) is 0.723. The molecule has 4 nitrogen and oxygen atoms in total. The summed E-state index contributed by atoms with van der Waals surface area (Å²) in [7, 11) is 0. The van der Waals surface area contributed by atoms with Crippen LogP contribution in [0.3, 0.4) is 0 Å². The fourth-order valence-electron chi connectivity index (χ4n) is 2.16. The number of Topliss-reactive ketones (excluding diaryl/α,β-unsaturated/α-hetero) is 1. The van der Waals surface area contributed by atoms with Crippen molar-refractivity contribution >= 4 is 17.0 Å². The Hall–Kier alpha value is -1.84. The van der Waals surface area contributed by atoms with Crippen molar-refractivity contribution in [2.24, 2.45) is 0 Å². The third kappa shape index (κ3) is 1.46. The molecule has 0 saturated carbocycles. The molecule has 3 rings (SSSR count). The Morgan fingerprint density at radius 1 is 1.19 bits per heavy atom. The van der Waals surface area contributed by atoms with E-state index in [9.17, 15) is 4.79 Å².